The van der Waals surface area contributed by atoms with E-state index in [9.17, 15) is 4.79 Å². The molecule has 1 aliphatic heterocycles. The molecule has 0 aromatic heterocycles. The molecule has 1 rings (SSSR count). The maximum Gasteiger partial charge on any atom is 0.314 e. The van der Waals surface area contributed by atoms with Crippen LogP contribution in [0.4, 0.5) is 0 Å². The van der Waals surface area contributed by atoms with Gasteiger partial charge in [0.05, 0.1) is 5.41 Å². The van der Waals surface area contributed by atoms with Crippen LogP contribution in [-0.2, 0) is 4.79 Å². The highest BCUT2D eigenvalue weighted by Crippen LogP contribution is 2.35. The molecule has 0 amide bonds. The smallest absolute Gasteiger partial charge is 0.314 e. The first kappa shape index (κ1) is 7.66. The van der Waals surface area contributed by atoms with Gasteiger partial charge in [-0.25, -0.2) is 0 Å². The highest BCUT2D eigenvalue weighted by molar-refractivity contribution is 8.02. The Kier molecular flexibility index (Phi) is 2.04. The van der Waals surface area contributed by atoms with Gasteiger partial charge in [-0.05, 0) is 11.8 Å². The zero-order valence-electron chi connectivity index (χ0n) is 5.83. The highest BCUT2D eigenvalue weighted by Gasteiger charge is 2.36. The highest BCUT2D eigenvalue weighted by atomic mass is 32.2. The van der Waals surface area contributed by atoms with Crippen molar-refractivity contribution >= 4 is 17.7 Å². The van der Waals surface area contributed by atoms with Crippen molar-refractivity contribution in [3.8, 4) is 0 Å². The number of aliphatic carboxylic acids is 1. The lowest BCUT2D eigenvalue weighted by Crippen LogP contribution is -2.28. The summed E-state index contributed by atoms with van der Waals surface area (Å²) in [5.74, 6) is -0.00463. The number of rotatable bonds is 2. The van der Waals surface area contributed by atoms with E-state index < -0.39 is 11.4 Å². The van der Waals surface area contributed by atoms with E-state index in [1.807, 2.05) is 12.3 Å². The molecule has 1 heterocycles. The van der Waals surface area contributed by atoms with Crippen molar-refractivity contribution in [1.29, 1.82) is 0 Å². The van der Waals surface area contributed by atoms with Gasteiger partial charge >= 0.3 is 5.97 Å². The summed E-state index contributed by atoms with van der Waals surface area (Å²) in [6.45, 7) is 1.91. The SMILES string of the molecule is CCC1(C(=O)O)C=CSC1. The van der Waals surface area contributed by atoms with Crippen LogP contribution in [-0.4, -0.2) is 16.8 Å². The first-order valence-electron chi connectivity index (χ1n) is 3.24. The monoisotopic (exact) mass is 158 g/mol. The van der Waals surface area contributed by atoms with Gasteiger partial charge in [0, 0.05) is 5.75 Å². The Morgan fingerprint density at radius 3 is 2.80 bits per heavy atom. The number of carbonyl (C=O) groups is 1. The van der Waals surface area contributed by atoms with Crippen LogP contribution in [0.25, 0.3) is 0 Å². The summed E-state index contributed by atoms with van der Waals surface area (Å²) in [5, 5.41) is 10.7. The molecule has 0 saturated heterocycles. The lowest BCUT2D eigenvalue weighted by molar-refractivity contribution is -0.144. The Morgan fingerprint density at radius 2 is 2.60 bits per heavy atom. The molecule has 0 radical (unpaired) electrons. The molecule has 1 atom stereocenters. The first-order valence-corrected chi connectivity index (χ1v) is 4.29. The third-order valence-electron chi connectivity index (χ3n) is 1.88. The molecular formula is C7H10O2S. The second kappa shape index (κ2) is 2.66. The van der Waals surface area contributed by atoms with Crippen LogP contribution in [0.3, 0.4) is 0 Å². The number of hydrogen-bond acceptors (Lipinski definition) is 2. The summed E-state index contributed by atoms with van der Waals surface area (Å²) >= 11 is 1.57. The second-order valence-electron chi connectivity index (χ2n) is 2.43. The van der Waals surface area contributed by atoms with E-state index in [0.29, 0.717) is 12.2 Å². The molecule has 0 aliphatic carbocycles. The van der Waals surface area contributed by atoms with Crippen LogP contribution in [0.15, 0.2) is 11.5 Å². The third kappa shape index (κ3) is 1.06. The summed E-state index contributed by atoms with van der Waals surface area (Å²) in [6.07, 6.45) is 2.48. The van der Waals surface area contributed by atoms with Gasteiger partial charge in [-0.15, -0.1) is 11.8 Å². The van der Waals surface area contributed by atoms with Crippen molar-refractivity contribution < 1.29 is 9.90 Å². The van der Waals surface area contributed by atoms with Crippen LogP contribution < -0.4 is 0 Å². The van der Waals surface area contributed by atoms with E-state index in [1.165, 1.54) is 0 Å². The molecule has 0 fully saturated rings. The molecule has 1 N–H and O–H groups in total. The minimum Gasteiger partial charge on any atom is -0.481 e. The lowest BCUT2D eigenvalue weighted by atomic mass is 9.88. The molecule has 2 nitrogen and oxygen atoms in total. The van der Waals surface area contributed by atoms with E-state index in [0.717, 1.165) is 0 Å². The Balaban J connectivity index is 2.78. The number of hydrogen-bond donors (Lipinski definition) is 1. The van der Waals surface area contributed by atoms with Gasteiger partial charge in [0.15, 0.2) is 0 Å². The van der Waals surface area contributed by atoms with E-state index in [1.54, 1.807) is 17.8 Å². The molecule has 0 aromatic carbocycles. The minimum atomic E-state index is -0.698. The maximum absolute atomic E-state index is 10.7. The van der Waals surface area contributed by atoms with Crippen LogP contribution >= 0.6 is 11.8 Å². The number of thioether (sulfide) groups is 1. The van der Waals surface area contributed by atoms with Crippen molar-refractivity contribution in [3.05, 3.63) is 11.5 Å². The molecule has 0 aromatic rings. The van der Waals surface area contributed by atoms with Crippen molar-refractivity contribution in [2.24, 2.45) is 5.41 Å². The topological polar surface area (TPSA) is 37.3 Å². The van der Waals surface area contributed by atoms with Crippen LogP contribution in [0.5, 0.6) is 0 Å². The van der Waals surface area contributed by atoms with Gasteiger partial charge in [0.1, 0.15) is 0 Å². The fourth-order valence-corrected chi connectivity index (χ4v) is 2.10. The van der Waals surface area contributed by atoms with Crippen LogP contribution in [0.2, 0.25) is 0 Å². The largest absolute Gasteiger partial charge is 0.481 e. The van der Waals surface area contributed by atoms with E-state index in [4.69, 9.17) is 5.11 Å². The van der Waals surface area contributed by atoms with Gasteiger partial charge in [-0.1, -0.05) is 13.0 Å². The maximum atomic E-state index is 10.7. The van der Waals surface area contributed by atoms with Crippen LogP contribution in [0.1, 0.15) is 13.3 Å². The fraction of sp³-hybridized carbons (Fsp3) is 0.571. The average Bonchev–Trinajstić information content (AvgIpc) is 2.35. The molecule has 0 saturated carbocycles. The quantitative estimate of drug-likeness (QED) is 0.665. The van der Waals surface area contributed by atoms with Gasteiger partial charge in [-0.3, -0.25) is 4.79 Å². The first-order chi connectivity index (χ1) is 4.71. The molecular weight excluding hydrogens is 148 g/mol. The van der Waals surface area contributed by atoms with E-state index >= 15 is 0 Å². The predicted molar refractivity (Wildman–Crippen MR) is 42.0 cm³/mol. The van der Waals surface area contributed by atoms with Crippen molar-refractivity contribution in [2.45, 2.75) is 13.3 Å². The molecule has 1 unspecified atom stereocenters. The number of carboxylic acids is 1. The van der Waals surface area contributed by atoms with E-state index in [-0.39, 0.29) is 0 Å². The van der Waals surface area contributed by atoms with Crippen molar-refractivity contribution in [2.75, 3.05) is 5.75 Å². The van der Waals surface area contributed by atoms with E-state index in [2.05, 4.69) is 0 Å². The Hall–Kier alpha value is -0.440. The van der Waals surface area contributed by atoms with Crippen LogP contribution in [0, 0.1) is 5.41 Å². The third-order valence-corrected chi connectivity index (χ3v) is 2.89. The number of carboxylic acid groups (broad SMARTS) is 1. The minimum absolute atomic E-state index is 0.565. The van der Waals surface area contributed by atoms with Crippen molar-refractivity contribution in [1.82, 2.24) is 0 Å². The zero-order valence-corrected chi connectivity index (χ0v) is 6.65. The molecule has 0 spiro atoms. The van der Waals surface area contributed by atoms with Gasteiger partial charge < -0.3 is 5.11 Å². The van der Waals surface area contributed by atoms with Gasteiger partial charge in [0.2, 0.25) is 0 Å². The molecule has 10 heavy (non-hydrogen) atoms. The molecule has 56 valence electrons. The summed E-state index contributed by atoms with van der Waals surface area (Å²) in [4.78, 5) is 10.7. The normalized spacial score (nSPS) is 30.9. The summed E-state index contributed by atoms with van der Waals surface area (Å²) in [6, 6.07) is 0. The lowest BCUT2D eigenvalue weighted by Gasteiger charge is -2.17. The fourth-order valence-electron chi connectivity index (χ4n) is 0.927. The summed E-state index contributed by atoms with van der Waals surface area (Å²) in [7, 11) is 0. The summed E-state index contributed by atoms with van der Waals surface area (Å²) < 4.78 is 0. The van der Waals surface area contributed by atoms with Gasteiger partial charge in [-0.2, -0.15) is 0 Å². The standard InChI is InChI=1S/C7H10O2S/c1-2-7(6(8)9)3-4-10-5-7/h3-4H,2,5H2,1H3,(H,8,9). The molecule has 0 bridgehead atoms. The molecule has 1 aliphatic rings. The van der Waals surface area contributed by atoms with Crippen molar-refractivity contribution in [3.63, 3.8) is 0 Å². The second-order valence-corrected chi connectivity index (χ2v) is 3.32. The summed E-state index contributed by atoms with van der Waals surface area (Å²) in [5.41, 5.74) is -0.565. The average molecular weight is 158 g/mol. The molecule has 3 heteroatoms. The Bertz CT molecular complexity index is 176. The Labute approximate surface area is 64.3 Å². The van der Waals surface area contributed by atoms with Gasteiger partial charge in [0.25, 0.3) is 0 Å². The Morgan fingerprint density at radius 1 is 1.90 bits per heavy atom. The predicted octanol–water partition coefficient (Wildman–Crippen LogP) is 1.73. The zero-order chi connectivity index (χ0) is 7.61.